The van der Waals surface area contributed by atoms with Crippen LogP contribution in [0.4, 0.5) is 0 Å². The van der Waals surface area contributed by atoms with Gasteiger partial charge in [-0.25, -0.2) is 4.98 Å². The van der Waals surface area contributed by atoms with Crippen molar-refractivity contribution in [3.8, 4) is 17.4 Å². The fraction of sp³-hybridized carbons (Fsp3) is 0.154. The molecule has 88 valence electrons. The molecular formula is C13H14N2O2. The van der Waals surface area contributed by atoms with Crippen molar-refractivity contribution in [2.45, 2.75) is 6.54 Å². The summed E-state index contributed by atoms with van der Waals surface area (Å²) in [6, 6.07) is 11.0. The molecule has 0 unspecified atom stereocenters. The second-order valence-corrected chi connectivity index (χ2v) is 3.49. The van der Waals surface area contributed by atoms with Crippen molar-refractivity contribution in [3.05, 3.63) is 48.2 Å². The summed E-state index contributed by atoms with van der Waals surface area (Å²) in [5.41, 5.74) is 6.56. The molecule has 1 aromatic heterocycles. The Morgan fingerprint density at radius 3 is 2.65 bits per heavy atom. The first-order chi connectivity index (χ1) is 8.31. The summed E-state index contributed by atoms with van der Waals surface area (Å²) in [6.07, 6.45) is 1.68. The number of rotatable bonds is 4. The molecule has 0 aliphatic heterocycles. The molecule has 0 amide bonds. The Labute approximate surface area is 100 Å². The lowest BCUT2D eigenvalue weighted by atomic mass is 10.2. The Bertz CT molecular complexity index is 464. The van der Waals surface area contributed by atoms with Crippen molar-refractivity contribution < 1.29 is 9.47 Å². The fourth-order valence-electron chi connectivity index (χ4n) is 1.45. The van der Waals surface area contributed by atoms with E-state index in [1.54, 1.807) is 25.4 Å². The number of hydrogen-bond donors (Lipinski definition) is 1. The van der Waals surface area contributed by atoms with Gasteiger partial charge in [-0.1, -0.05) is 6.07 Å². The number of aromatic nitrogens is 1. The van der Waals surface area contributed by atoms with Gasteiger partial charge in [0.2, 0.25) is 5.88 Å². The third kappa shape index (κ3) is 2.95. The van der Waals surface area contributed by atoms with Crippen LogP contribution in [0.25, 0.3) is 0 Å². The normalized spacial score (nSPS) is 10.0. The van der Waals surface area contributed by atoms with Gasteiger partial charge in [0.1, 0.15) is 11.5 Å². The van der Waals surface area contributed by atoms with E-state index < -0.39 is 0 Å². The first kappa shape index (κ1) is 11.4. The van der Waals surface area contributed by atoms with E-state index in [0.717, 1.165) is 11.3 Å². The van der Waals surface area contributed by atoms with E-state index in [-0.39, 0.29) is 0 Å². The largest absolute Gasteiger partial charge is 0.497 e. The Balaban J connectivity index is 2.26. The predicted octanol–water partition coefficient (Wildman–Crippen LogP) is 2.34. The molecule has 0 aliphatic carbocycles. The van der Waals surface area contributed by atoms with Gasteiger partial charge in [0.15, 0.2) is 0 Å². The molecule has 0 radical (unpaired) electrons. The molecule has 0 fully saturated rings. The average molecular weight is 230 g/mol. The van der Waals surface area contributed by atoms with E-state index in [1.807, 2.05) is 24.3 Å². The van der Waals surface area contributed by atoms with Gasteiger partial charge in [-0.3, -0.25) is 0 Å². The van der Waals surface area contributed by atoms with Crippen LogP contribution in [0.3, 0.4) is 0 Å². The third-order valence-electron chi connectivity index (χ3n) is 2.27. The molecule has 1 heterocycles. The molecule has 4 nitrogen and oxygen atoms in total. The van der Waals surface area contributed by atoms with Crippen LogP contribution < -0.4 is 15.2 Å². The van der Waals surface area contributed by atoms with Gasteiger partial charge in [0.05, 0.1) is 7.11 Å². The minimum Gasteiger partial charge on any atom is -0.497 e. The maximum Gasteiger partial charge on any atom is 0.219 e. The zero-order chi connectivity index (χ0) is 12.1. The lowest BCUT2D eigenvalue weighted by Crippen LogP contribution is -1.98. The predicted molar refractivity (Wildman–Crippen MR) is 65.2 cm³/mol. The molecule has 2 aromatic rings. The smallest absolute Gasteiger partial charge is 0.219 e. The Hall–Kier alpha value is -2.07. The lowest BCUT2D eigenvalue weighted by molar-refractivity contribution is 0.406. The fourth-order valence-corrected chi connectivity index (χ4v) is 1.45. The van der Waals surface area contributed by atoms with E-state index in [2.05, 4.69) is 4.98 Å². The maximum absolute atomic E-state index is 5.62. The molecule has 0 bridgehead atoms. The first-order valence-electron chi connectivity index (χ1n) is 5.28. The summed E-state index contributed by atoms with van der Waals surface area (Å²) in [5.74, 6) is 1.94. The lowest BCUT2D eigenvalue weighted by Gasteiger charge is -2.08. The molecule has 0 saturated carbocycles. The van der Waals surface area contributed by atoms with Gasteiger partial charge in [-0.2, -0.15) is 0 Å². The maximum atomic E-state index is 5.62. The molecule has 17 heavy (non-hydrogen) atoms. The molecule has 0 aliphatic rings. The highest BCUT2D eigenvalue weighted by Crippen LogP contribution is 2.26. The number of benzene rings is 1. The number of pyridine rings is 1. The van der Waals surface area contributed by atoms with Crippen LogP contribution in [-0.2, 0) is 6.54 Å². The van der Waals surface area contributed by atoms with Gasteiger partial charge >= 0.3 is 0 Å². The second kappa shape index (κ2) is 5.32. The van der Waals surface area contributed by atoms with Crippen LogP contribution in [0.5, 0.6) is 17.4 Å². The Morgan fingerprint density at radius 1 is 1.18 bits per heavy atom. The summed E-state index contributed by atoms with van der Waals surface area (Å²) in [7, 11) is 1.61. The van der Waals surface area contributed by atoms with Crippen LogP contribution in [0.15, 0.2) is 42.6 Å². The van der Waals surface area contributed by atoms with Crippen molar-refractivity contribution in [3.63, 3.8) is 0 Å². The standard InChI is InChI=1S/C13H14N2O2/c1-16-11-6-10(9-14)7-12(8-11)17-13-4-2-3-5-15-13/h2-8H,9,14H2,1H3. The summed E-state index contributed by atoms with van der Waals surface area (Å²) in [6.45, 7) is 0.440. The zero-order valence-electron chi connectivity index (χ0n) is 9.59. The summed E-state index contributed by atoms with van der Waals surface area (Å²) < 4.78 is 10.8. The van der Waals surface area contributed by atoms with Gasteiger partial charge in [-0.15, -0.1) is 0 Å². The molecule has 0 saturated heterocycles. The molecular weight excluding hydrogens is 216 g/mol. The molecule has 2 N–H and O–H groups in total. The van der Waals surface area contributed by atoms with Crippen molar-refractivity contribution in [1.29, 1.82) is 0 Å². The zero-order valence-corrected chi connectivity index (χ0v) is 9.59. The quantitative estimate of drug-likeness (QED) is 0.875. The van der Waals surface area contributed by atoms with Crippen molar-refractivity contribution in [2.24, 2.45) is 5.73 Å². The van der Waals surface area contributed by atoms with E-state index in [1.165, 1.54) is 0 Å². The van der Waals surface area contributed by atoms with E-state index in [9.17, 15) is 0 Å². The minimum absolute atomic E-state index is 0.440. The van der Waals surface area contributed by atoms with E-state index in [0.29, 0.717) is 18.2 Å². The highest BCUT2D eigenvalue weighted by molar-refractivity contribution is 5.39. The van der Waals surface area contributed by atoms with Crippen LogP contribution in [0.1, 0.15) is 5.56 Å². The van der Waals surface area contributed by atoms with Gasteiger partial charge in [0, 0.05) is 24.9 Å². The van der Waals surface area contributed by atoms with Gasteiger partial charge in [-0.05, 0) is 23.8 Å². The molecule has 2 rings (SSSR count). The monoisotopic (exact) mass is 230 g/mol. The number of nitrogens with two attached hydrogens (primary N) is 1. The van der Waals surface area contributed by atoms with Crippen LogP contribution in [0.2, 0.25) is 0 Å². The molecule has 4 heteroatoms. The summed E-state index contributed by atoms with van der Waals surface area (Å²) in [5, 5.41) is 0. The van der Waals surface area contributed by atoms with Crippen molar-refractivity contribution >= 4 is 0 Å². The average Bonchev–Trinajstić information content (AvgIpc) is 2.39. The van der Waals surface area contributed by atoms with Crippen molar-refractivity contribution in [1.82, 2.24) is 4.98 Å². The van der Waals surface area contributed by atoms with Gasteiger partial charge < -0.3 is 15.2 Å². The summed E-state index contributed by atoms with van der Waals surface area (Å²) in [4.78, 5) is 4.09. The van der Waals surface area contributed by atoms with E-state index in [4.69, 9.17) is 15.2 Å². The molecule has 1 aromatic carbocycles. The third-order valence-corrected chi connectivity index (χ3v) is 2.27. The Morgan fingerprint density at radius 2 is 2.00 bits per heavy atom. The Kier molecular flexibility index (Phi) is 3.57. The second-order valence-electron chi connectivity index (χ2n) is 3.49. The first-order valence-corrected chi connectivity index (χ1v) is 5.28. The molecule has 0 spiro atoms. The van der Waals surface area contributed by atoms with Gasteiger partial charge in [0.25, 0.3) is 0 Å². The number of methoxy groups -OCH3 is 1. The topological polar surface area (TPSA) is 57.4 Å². The number of hydrogen-bond acceptors (Lipinski definition) is 4. The van der Waals surface area contributed by atoms with Crippen LogP contribution in [0, 0.1) is 0 Å². The van der Waals surface area contributed by atoms with E-state index >= 15 is 0 Å². The number of nitrogens with zero attached hydrogens (tertiary/aromatic N) is 1. The van der Waals surface area contributed by atoms with Crippen LogP contribution in [-0.4, -0.2) is 12.1 Å². The van der Waals surface area contributed by atoms with Crippen LogP contribution >= 0.6 is 0 Å². The number of ether oxygens (including phenoxy) is 2. The molecule has 0 atom stereocenters. The minimum atomic E-state index is 0.440. The van der Waals surface area contributed by atoms with Crippen molar-refractivity contribution in [2.75, 3.05) is 7.11 Å². The summed E-state index contributed by atoms with van der Waals surface area (Å²) >= 11 is 0. The highest BCUT2D eigenvalue weighted by atomic mass is 16.5. The SMILES string of the molecule is COc1cc(CN)cc(Oc2ccccn2)c1. The highest BCUT2D eigenvalue weighted by Gasteiger charge is 2.03.